The molecule has 3 N–H and O–H groups in total. The van der Waals surface area contributed by atoms with Crippen molar-refractivity contribution < 1.29 is 37.1 Å². The van der Waals surface area contributed by atoms with Gasteiger partial charge in [-0.15, -0.1) is 0 Å². The molecule has 12 heteroatoms. The number of nitrogens with one attached hydrogen (secondary N) is 3. The number of epoxide rings is 1. The first-order valence-corrected chi connectivity index (χ1v) is 17.0. The maximum Gasteiger partial charge on any atom is 0.408 e. The standard InChI is InChI=1S/C33H45N3O8S/c1-20(2)27(28(38)23-16-12-9-13-17-23)35-26(37)19-25-29(44-25)24(18-22-14-10-8-11-15-22)34-31(39)30(33(5,6)45(7,41)42)36-32(40)43-21(3)4/h8-17,20-21,24-25,27,29-30H,18-19H2,1-7H3,(H,34,39)(H,35,37)(H,36,40)/t24?,25?,27?,29-,30-/m1/s1. The Morgan fingerprint density at radius 1 is 0.889 bits per heavy atom. The van der Waals surface area contributed by atoms with Crippen molar-refractivity contribution in [2.24, 2.45) is 5.92 Å². The van der Waals surface area contributed by atoms with Crippen LogP contribution in [-0.2, 0) is 35.3 Å². The molecule has 3 amide bonds. The summed E-state index contributed by atoms with van der Waals surface area (Å²) in [5, 5.41) is 8.16. The van der Waals surface area contributed by atoms with E-state index in [1.807, 2.05) is 50.2 Å². The number of ketones is 1. The topological polar surface area (TPSA) is 160 Å². The van der Waals surface area contributed by atoms with Gasteiger partial charge in [-0.05, 0) is 45.6 Å². The fourth-order valence-electron chi connectivity index (χ4n) is 4.93. The van der Waals surface area contributed by atoms with E-state index in [-0.39, 0.29) is 24.0 Å². The molecule has 0 saturated carbocycles. The van der Waals surface area contributed by atoms with Gasteiger partial charge in [-0.2, -0.15) is 0 Å². The summed E-state index contributed by atoms with van der Waals surface area (Å²) in [6.07, 6.45) is -1.29. The second kappa shape index (κ2) is 15.0. The van der Waals surface area contributed by atoms with E-state index in [1.54, 1.807) is 38.1 Å². The van der Waals surface area contributed by atoms with Gasteiger partial charge in [-0.25, -0.2) is 13.2 Å². The van der Waals surface area contributed by atoms with E-state index in [0.717, 1.165) is 11.8 Å². The lowest BCUT2D eigenvalue weighted by Gasteiger charge is -2.33. The first kappa shape index (κ1) is 35.7. The fourth-order valence-corrected chi connectivity index (χ4v) is 5.52. The van der Waals surface area contributed by atoms with Gasteiger partial charge in [0.25, 0.3) is 0 Å². The van der Waals surface area contributed by atoms with Crippen LogP contribution in [0.2, 0.25) is 0 Å². The van der Waals surface area contributed by atoms with Gasteiger partial charge in [-0.1, -0.05) is 74.5 Å². The lowest BCUT2D eigenvalue weighted by Crippen LogP contribution is -2.62. The van der Waals surface area contributed by atoms with Gasteiger partial charge < -0.3 is 25.4 Å². The van der Waals surface area contributed by atoms with Gasteiger partial charge in [0.1, 0.15) is 12.1 Å². The van der Waals surface area contributed by atoms with E-state index in [2.05, 4.69) is 16.0 Å². The largest absolute Gasteiger partial charge is 0.447 e. The SMILES string of the molecule is CC(C)OC(=O)N[C@H](C(=O)NC(Cc1ccccc1)[C@H]1OC1CC(=O)NC(C(=O)c1ccccc1)C(C)C)C(C)(C)S(C)(=O)=O. The zero-order chi connectivity index (χ0) is 33.5. The van der Waals surface area contributed by atoms with E-state index >= 15 is 0 Å². The van der Waals surface area contributed by atoms with E-state index in [1.165, 1.54) is 13.8 Å². The van der Waals surface area contributed by atoms with Crippen LogP contribution in [-0.4, -0.2) is 79.5 Å². The first-order valence-electron chi connectivity index (χ1n) is 15.1. The molecular weight excluding hydrogens is 598 g/mol. The minimum absolute atomic E-state index is 0.0473. The molecule has 3 rings (SSSR count). The fraction of sp³-hybridized carbons (Fsp3) is 0.515. The van der Waals surface area contributed by atoms with Crippen LogP contribution < -0.4 is 16.0 Å². The number of carbonyl (C=O) groups excluding carboxylic acids is 4. The first-order chi connectivity index (χ1) is 21.0. The van der Waals surface area contributed by atoms with E-state index < -0.39 is 63.0 Å². The second-order valence-corrected chi connectivity index (χ2v) is 15.2. The highest BCUT2D eigenvalue weighted by Crippen LogP contribution is 2.31. The molecule has 0 aromatic heterocycles. The number of benzene rings is 2. The number of hydrogen-bond acceptors (Lipinski definition) is 8. The number of ether oxygens (including phenoxy) is 2. The quantitative estimate of drug-likeness (QED) is 0.197. The molecule has 2 aromatic rings. The second-order valence-electron chi connectivity index (χ2n) is 12.6. The molecule has 0 aliphatic carbocycles. The number of hydrogen-bond donors (Lipinski definition) is 3. The highest BCUT2D eigenvalue weighted by Gasteiger charge is 2.50. The molecule has 1 saturated heterocycles. The van der Waals surface area contributed by atoms with Crippen molar-refractivity contribution in [3.8, 4) is 0 Å². The van der Waals surface area contributed by atoms with Crippen molar-refractivity contribution in [1.29, 1.82) is 0 Å². The Kier molecular flexibility index (Phi) is 11.9. The van der Waals surface area contributed by atoms with Gasteiger partial charge in [0.05, 0.1) is 35.5 Å². The summed E-state index contributed by atoms with van der Waals surface area (Å²) in [6, 6.07) is 15.2. The van der Waals surface area contributed by atoms with Crippen molar-refractivity contribution in [1.82, 2.24) is 16.0 Å². The predicted molar refractivity (Wildman–Crippen MR) is 170 cm³/mol. The zero-order valence-electron chi connectivity index (χ0n) is 26.9. The van der Waals surface area contributed by atoms with Crippen molar-refractivity contribution in [3.63, 3.8) is 0 Å². The van der Waals surface area contributed by atoms with Crippen LogP contribution in [0.3, 0.4) is 0 Å². The zero-order valence-corrected chi connectivity index (χ0v) is 27.7. The Hall–Kier alpha value is -3.77. The third-order valence-corrected chi connectivity index (χ3v) is 10.0. The van der Waals surface area contributed by atoms with E-state index in [9.17, 15) is 27.6 Å². The molecule has 2 aromatic carbocycles. The van der Waals surface area contributed by atoms with Crippen LogP contribution in [0.25, 0.3) is 0 Å². The number of amides is 3. The highest BCUT2D eigenvalue weighted by atomic mass is 32.2. The van der Waals surface area contributed by atoms with Crippen molar-refractivity contribution in [2.45, 2.75) is 95.6 Å². The molecule has 1 aliphatic rings. The third kappa shape index (κ3) is 9.86. The molecule has 3 unspecified atom stereocenters. The number of carbonyl (C=O) groups is 4. The summed E-state index contributed by atoms with van der Waals surface area (Å²) in [6.45, 7) is 9.69. The van der Waals surface area contributed by atoms with Gasteiger partial charge >= 0.3 is 6.09 Å². The van der Waals surface area contributed by atoms with Crippen molar-refractivity contribution in [2.75, 3.05) is 6.26 Å². The molecule has 5 atom stereocenters. The Labute approximate surface area is 265 Å². The lowest BCUT2D eigenvalue weighted by atomic mass is 9.94. The van der Waals surface area contributed by atoms with Gasteiger partial charge in [0.15, 0.2) is 15.6 Å². The monoisotopic (exact) mass is 643 g/mol. The van der Waals surface area contributed by atoms with Crippen LogP contribution in [0.1, 0.15) is 63.9 Å². The normalized spacial score (nSPS) is 18.4. The molecule has 1 fully saturated rings. The minimum Gasteiger partial charge on any atom is -0.447 e. The van der Waals surface area contributed by atoms with Crippen LogP contribution in [0.15, 0.2) is 60.7 Å². The summed E-state index contributed by atoms with van der Waals surface area (Å²) in [5.41, 5.74) is 1.38. The number of rotatable bonds is 15. The maximum atomic E-state index is 13.7. The van der Waals surface area contributed by atoms with E-state index in [4.69, 9.17) is 9.47 Å². The van der Waals surface area contributed by atoms with Crippen molar-refractivity contribution in [3.05, 3.63) is 71.8 Å². The Morgan fingerprint density at radius 3 is 2.00 bits per heavy atom. The summed E-state index contributed by atoms with van der Waals surface area (Å²) in [5.74, 6) is -1.46. The number of sulfone groups is 1. The highest BCUT2D eigenvalue weighted by molar-refractivity contribution is 7.92. The molecule has 0 radical (unpaired) electrons. The lowest BCUT2D eigenvalue weighted by molar-refractivity contribution is -0.124. The average Bonchev–Trinajstić information content (AvgIpc) is 3.72. The minimum atomic E-state index is -3.84. The smallest absolute Gasteiger partial charge is 0.408 e. The summed E-state index contributed by atoms with van der Waals surface area (Å²) < 4.78 is 34.7. The van der Waals surface area contributed by atoms with Gasteiger partial charge in [0, 0.05) is 11.8 Å². The number of Topliss-reactive ketones (excluding diaryl/α,β-unsaturated/α-hetero) is 1. The Morgan fingerprint density at radius 2 is 1.47 bits per heavy atom. The summed E-state index contributed by atoms with van der Waals surface area (Å²) >= 11 is 0. The molecule has 1 aliphatic heterocycles. The van der Waals surface area contributed by atoms with Crippen molar-refractivity contribution >= 4 is 33.5 Å². The third-order valence-electron chi connectivity index (χ3n) is 7.87. The van der Waals surface area contributed by atoms with E-state index in [0.29, 0.717) is 12.0 Å². The van der Waals surface area contributed by atoms with Crippen LogP contribution in [0.4, 0.5) is 4.79 Å². The molecule has 0 bridgehead atoms. The molecule has 1 heterocycles. The summed E-state index contributed by atoms with van der Waals surface area (Å²) in [7, 11) is -3.84. The molecule has 11 nitrogen and oxygen atoms in total. The average molecular weight is 644 g/mol. The Balaban J connectivity index is 1.78. The molecule has 246 valence electrons. The number of alkyl carbamates (subject to hydrolysis) is 1. The molecule has 45 heavy (non-hydrogen) atoms. The predicted octanol–water partition coefficient (Wildman–Crippen LogP) is 3.22. The van der Waals surface area contributed by atoms with Crippen LogP contribution >= 0.6 is 0 Å². The van der Waals surface area contributed by atoms with Gasteiger partial charge in [0.2, 0.25) is 11.8 Å². The van der Waals surface area contributed by atoms with Crippen LogP contribution in [0, 0.1) is 5.92 Å². The van der Waals surface area contributed by atoms with Crippen LogP contribution in [0.5, 0.6) is 0 Å². The Bertz CT molecular complexity index is 1440. The molecule has 0 spiro atoms. The summed E-state index contributed by atoms with van der Waals surface area (Å²) in [4.78, 5) is 52.4. The maximum absolute atomic E-state index is 13.7. The van der Waals surface area contributed by atoms with Gasteiger partial charge in [-0.3, -0.25) is 14.4 Å². The molecular formula is C33H45N3O8S.